The fourth-order valence-corrected chi connectivity index (χ4v) is 4.02. The van der Waals surface area contributed by atoms with E-state index in [9.17, 15) is 0 Å². The largest absolute Gasteiger partial charge is 0.0984 e. The van der Waals surface area contributed by atoms with Crippen LogP contribution >= 0.6 is 0 Å². The Balaban J connectivity index is 2.04. The third kappa shape index (κ3) is 6.83. The van der Waals surface area contributed by atoms with Gasteiger partial charge in [0.15, 0.2) is 0 Å². The van der Waals surface area contributed by atoms with Gasteiger partial charge >= 0.3 is 0 Å². The minimum absolute atomic E-state index is 0.644. The van der Waals surface area contributed by atoms with Gasteiger partial charge in [0.2, 0.25) is 0 Å². The number of allylic oxidation sites excluding steroid dienone is 5. The summed E-state index contributed by atoms with van der Waals surface area (Å²) in [6, 6.07) is 9.25. The number of rotatable bonds is 8. The lowest BCUT2D eigenvalue weighted by Gasteiger charge is -2.26. The molecule has 0 nitrogen and oxygen atoms in total. The average molecular weight is 365 g/mol. The lowest BCUT2D eigenvalue weighted by Crippen LogP contribution is -2.10. The normalized spacial score (nSPS) is 22.7. The first-order valence-corrected chi connectivity index (χ1v) is 11.0. The number of hydrogen-bond donors (Lipinski definition) is 0. The molecule has 1 saturated carbocycles. The molecule has 0 saturated heterocycles. The molecule has 0 heterocycles. The van der Waals surface area contributed by atoms with Crippen LogP contribution in [0.2, 0.25) is 0 Å². The fraction of sp³-hybridized carbons (Fsp3) is 0.556. The van der Waals surface area contributed by atoms with E-state index in [-0.39, 0.29) is 0 Å². The van der Waals surface area contributed by atoms with Crippen molar-refractivity contribution in [3.63, 3.8) is 0 Å². The molecule has 0 aromatic heterocycles. The van der Waals surface area contributed by atoms with Crippen molar-refractivity contribution in [2.24, 2.45) is 17.8 Å². The Labute approximate surface area is 168 Å². The summed E-state index contributed by atoms with van der Waals surface area (Å²) in [5.41, 5.74) is 5.47. The quantitative estimate of drug-likeness (QED) is 0.405. The Kier molecular flexibility index (Phi) is 8.61. The van der Waals surface area contributed by atoms with Gasteiger partial charge in [-0.25, -0.2) is 0 Å². The van der Waals surface area contributed by atoms with Crippen LogP contribution in [-0.2, 0) is 0 Å². The Morgan fingerprint density at radius 1 is 1.00 bits per heavy atom. The summed E-state index contributed by atoms with van der Waals surface area (Å²) < 4.78 is 0. The second-order valence-corrected chi connectivity index (χ2v) is 9.19. The minimum atomic E-state index is 0.644. The van der Waals surface area contributed by atoms with Crippen LogP contribution in [0.1, 0.15) is 90.2 Å². The molecule has 0 bridgehead atoms. The monoisotopic (exact) mass is 364 g/mol. The molecular weight excluding hydrogens is 324 g/mol. The van der Waals surface area contributed by atoms with E-state index in [1.54, 1.807) is 0 Å². The van der Waals surface area contributed by atoms with E-state index in [1.807, 2.05) is 6.08 Å². The zero-order valence-corrected chi connectivity index (χ0v) is 18.3. The first-order valence-electron chi connectivity index (χ1n) is 11.0. The van der Waals surface area contributed by atoms with Crippen molar-refractivity contribution in [3.05, 3.63) is 65.8 Å². The van der Waals surface area contributed by atoms with Gasteiger partial charge in [-0.1, -0.05) is 102 Å². The highest BCUT2D eigenvalue weighted by molar-refractivity contribution is 5.74. The van der Waals surface area contributed by atoms with E-state index < -0.39 is 0 Å². The summed E-state index contributed by atoms with van der Waals surface area (Å²) in [5.74, 6) is 3.10. The summed E-state index contributed by atoms with van der Waals surface area (Å²) in [7, 11) is 0. The molecule has 0 heteroatoms. The molecule has 0 radical (unpaired) electrons. The fourth-order valence-electron chi connectivity index (χ4n) is 4.02. The number of benzene rings is 1. The molecule has 0 N–H and O–H groups in total. The lowest BCUT2D eigenvalue weighted by molar-refractivity contribution is 0.348. The Hall–Kier alpha value is -1.56. The molecule has 1 aliphatic rings. The van der Waals surface area contributed by atoms with Crippen LogP contribution in [0.25, 0.3) is 5.57 Å². The van der Waals surface area contributed by atoms with Crippen molar-refractivity contribution in [3.8, 4) is 0 Å². The second kappa shape index (κ2) is 10.7. The molecule has 1 aromatic rings. The van der Waals surface area contributed by atoms with E-state index in [1.165, 1.54) is 60.8 Å². The maximum absolute atomic E-state index is 4.04. The van der Waals surface area contributed by atoms with Gasteiger partial charge in [-0.2, -0.15) is 0 Å². The van der Waals surface area contributed by atoms with Gasteiger partial charge in [-0.3, -0.25) is 0 Å². The SMILES string of the molecule is C=C/C(=C\C=C(/C)C(C)CCC(C)C)c1ccc(C2CCC(C)CC2)cc1. The predicted octanol–water partition coefficient (Wildman–Crippen LogP) is 8.57. The highest BCUT2D eigenvalue weighted by Gasteiger charge is 2.19. The molecule has 0 spiro atoms. The Morgan fingerprint density at radius 3 is 2.19 bits per heavy atom. The van der Waals surface area contributed by atoms with Crippen LogP contribution in [0.5, 0.6) is 0 Å². The van der Waals surface area contributed by atoms with Gasteiger partial charge in [0.05, 0.1) is 0 Å². The van der Waals surface area contributed by atoms with Gasteiger partial charge in [0.25, 0.3) is 0 Å². The van der Waals surface area contributed by atoms with Crippen molar-refractivity contribution in [1.82, 2.24) is 0 Å². The van der Waals surface area contributed by atoms with Crippen molar-refractivity contribution >= 4 is 5.57 Å². The zero-order chi connectivity index (χ0) is 19.8. The van der Waals surface area contributed by atoms with Gasteiger partial charge in [0, 0.05) is 0 Å². The third-order valence-electron chi connectivity index (χ3n) is 6.43. The van der Waals surface area contributed by atoms with E-state index in [4.69, 9.17) is 0 Å². The molecule has 1 atom stereocenters. The van der Waals surface area contributed by atoms with E-state index in [2.05, 4.69) is 77.6 Å². The third-order valence-corrected chi connectivity index (χ3v) is 6.43. The second-order valence-electron chi connectivity index (χ2n) is 9.19. The molecule has 0 amide bonds. The Bertz CT molecular complexity index is 633. The predicted molar refractivity (Wildman–Crippen MR) is 122 cm³/mol. The smallest absolute Gasteiger partial charge is 0.0162 e. The molecule has 0 aliphatic heterocycles. The molecular formula is C27H40. The molecule has 1 aromatic carbocycles. The average Bonchev–Trinajstić information content (AvgIpc) is 2.67. The first-order chi connectivity index (χ1) is 12.9. The topological polar surface area (TPSA) is 0 Å². The molecule has 148 valence electrons. The summed E-state index contributed by atoms with van der Waals surface area (Å²) in [5, 5.41) is 0. The highest BCUT2D eigenvalue weighted by Crippen LogP contribution is 2.35. The van der Waals surface area contributed by atoms with Crippen LogP contribution in [-0.4, -0.2) is 0 Å². The standard InChI is InChI=1S/C27H40/c1-7-24(15-12-23(6)22(5)11-8-20(2)3)25-16-18-27(19-17-25)26-13-9-21(4)10-14-26/h7,12,15-22,26H,1,8-11,13-14H2,2-6H3/b23-12+,24-15+. The van der Waals surface area contributed by atoms with Crippen molar-refractivity contribution in [2.75, 3.05) is 0 Å². The van der Waals surface area contributed by atoms with E-state index in [0.717, 1.165) is 17.8 Å². The van der Waals surface area contributed by atoms with Crippen LogP contribution < -0.4 is 0 Å². The Morgan fingerprint density at radius 2 is 1.63 bits per heavy atom. The van der Waals surface area contributed by atoms with E-state index >= 15 is 0 Å². The van der Waals surface area contributed by atoms with Crippen LogP contribution in [0.4, 0.5) is 0 Å². The van der Waals surface area contributed by atoms with E-state index in [0.29, 0.717) is 5.92 Å². The van der Waals surface area contributed by atoms with Crippen molar-refractivity contribution in [1.29, 1.82) is 0 Å². The molecule has 1 unspecified atom stereocenters. The summed E-state index contributed by atoms with van der Waals surface area (Å²) in [4.78, 5) is 0. The van der Waals surface area contributed by atoms with Crippen molar-refractivity contribution in [2.45, 2.75) is 79.1 Å². The summed E-state index contributed by atoms with van der Waals surface area (Å²) >= 11 is 0. The maximum atomic E-state index is 4.04. The lowest BCUT2D eigenvalue weighted by atomic mass is 9.79. The molecule has 27 heavy (non-hydrogen) atoms. The van der Waals surface area contributed by atoms with Gasteiger partial charge in [-0.15, -0.1) is 0 Å². The number of hydrogen-bond acceptors (Lipinski definition) is 0. The summed E-state index contributed by atoms with van der Waals surface area (Å²) in [6.07, 6.45) is 14.5. The molecule has 2 rings (SSSR count). The maximum Gasteiger partial charge on any atom is -0.0162 e. The van der Waals surface area contributed by atoms with Gasteiger partial charge in [-0.05, 0) is 66.6 Å². The molecule has 1 aliphatic carbocycles. The van der Waals surface area contributed by atoms with Gasteiger partial charge < -0.3 is 0 Å². The summed E-state index contributed by atoms with van der Waals surface area (Å²) in [6.45, 7) is 15.6. The zero-order valence-electron chi connectivity index (χ0n) is 18.3. The van der Waals surface area contributed by atoms with Crippen LogP contribution in [0.3, 0.4) is 0 Å². The molecule has 1 fully saturated rings. The van der Waals surface area contributed by atoms with Crippen molar-refractivity contribution < 1.29 is 0 Å². The first kappa shape index (κ1) is 21.7. The van der Waals surface area contributed by atoms with Crippen LogP contribution in [0, 0.1) is 17.8 Å². The highest BCUT2D eigenvalue weighted by atomic mass is 14.2. The van der Waals surface area contributed by atoms with Gasteiger partial charge in [0.1, 0.15) is 0 Å². The van der Waals surface area contributed by atoms with Crippen LogP contribution in [0.15, 0.2) is 54.6 Å². The minimum Gasteiger partial charge on any atom is -0.0984 e.